The van der Waals surface area contributed by atoms with Gasteiger partial charge in [-0.15, -0.1) is 11.3 Å². The molecule has 1 aromatic carbocycles. The van der Waals surface area contributed by atoms with Crippen LogP contribution in [0.2, 0.25) is 0 Å². The molecule has 2 rings (SSSR count). The van der Waals surface area contributed by atoms with Gasteiger partial charge in [0.2, 0.25) is 0 Å². The molecule has 1 N–H and O–H groups in total. The zero-order valence-corrected chi connectivity index (χ0v) is 9.06. The highest BCUT2D eigenvalue weighted by Gasteiger charge is 2.05. The lowest BCUT2D eigenvalue weighted by Gasteiger charge is -2.02. The van der Waals surface area contributed by atoms with Gasteiger partial charge in [0.15, 0.2) is 0 Å². The first-order chi connectivity index (χ1) is 6.66. The number of aromatic hydroxyl groups is 1. The van der Waals surface area contributed by atoms with Crippen molar-refractivity contribution >= 4 is 11.3 Å². The number of phenols is 1. The van der Waals surface area contributed by atoms with E-state index in [0.29, 0.717) is 5.75 Å². The summed E-state index contributed by atoms with van der Waals surface area (Å²) in [4.78, 5) is 1.26. The third kappa shape index (κ3) is 1.66. The molecule has 0 unspecified atom stereocenters. The second kappa shape index (κ2) is 3.46. The van der Waals surface area contributed by atoms with E-state index >= 15 is 0 Å². The lowest BCUT2D eigenvalue weighted by Crippen LogP contribution is -1.78. The van der Waals surface area contributed by atoms with Crippen LogP contribution < -0.4 is 0 Å². The van der Waals surface area contributed by atoms with Gasteiger partial charge in [-0.25, -0.2) is 0 Å². The van der Waals surface area contributed by atoms with Gasteiger partial charge in [-0.1, -0.05) is 11.6 Å². The monoisotopic (exact) mass is 204 g/mol. The smallest absolute Gasteiger partial charge is 0.123 e. The van der Waals surface area contributed by atoms with Gasteiger partial charge in [-0.2, -0.15) is 0 Å². The summed E-state index contributed by atoms with van der Waals surface area (Å²) in [5, 5.41) is 11.8. The van der Waals surface area contributed by atoms with Crippen LogP contribution in [0.25, 0.3) is 11.1 Å². The molecular weight excluding hydrogens is 192 g/mol. The lowest BCUT2D eigenvalue weighted by molar-refractivity contribution is 0.477. The molecule has 0 saturated heterocycles. The minimum absolute atomic E-state index is 0.355. The van der Waals surface area contributed by atoms with Crippen LogP contribution in [0.5, 0.6) is 5.75 Å². The molecule has 14 heavy (non-hydrogen) atoms. The molecule has 0 aliphatic rings. The van der Waals surface area contributed by atoms with Gasteiger partial charge in [0, 0.05) is 10.4 Å². The first-order valence-electron chi connectivity index (χ1n) is 4.52. The Morgan fingerprint density at radius 1 is 1.14 bits per heavy atom. The zero-order chi connectivity index (χ0) is 10.1. The van der Waals surface area contributed by atoms with Crippen molar-refractivity contribution in [3.05, 3.63) is 40.1 Å². The molecule has 1 aromatic heterocycles. The number of aryl methyl sites for hydroxylation is 2. The Morgan fingerprint density at radius 3 is 2.57 bits per heavy atom. The van der Waals surface area contributed by atoms with Crippen LogP contribution in [-0.2, 0) is 0 Å². The van der Waals surface area contributed by atoms with Crippen LogP contribution in [-0.4, -0.2) is 5.11 Å². The molecule has 0 saturated carbocycles. The summed E-state index contributed by atoms with van der Waals surface area (Å²) in [5.41, 5.74) is 3.20. The summed E-state index contributed by atoms with van der Waals surface area (Å²) in [6, 6.07) is 7.77. The van der Waals surface area contributed by atoms with E-state index < -0.39 is 0 Å². The second-order valence-electron chi connectivity index (χ2n) is 3.47. The molecule has 2 heteroatoms. The molecule has 0 spiro atoms. The van der Waals surface area contributed by atoms with E-state index in [1.165, 1.54) is 10.4 Å². The predicted octanol–water partition coefficient (Wildman–Crippen LogP) is 3.74. The van der Waals surface area contributed by atoms with Gasteiger partial charge >= 0.3 is 0 Å². The highest BCUT2D eigenvalue weighted by molar-refractivity contribution is 7.10. The number of phenolic OH excluding ortho intramolecular Hbond substituents is 1. The molecule has 0 aliphatic carbocycles. The highest BCUT2D eigenvalue weighted by atomic mass is 32.1. The van der Waals surface area contributed by atoms with Crippen LogP contribution in [0, 0.1) is 13.8 Å². The van der Waals surface area contributed by atoms with Crippen molar-refractivity contribution in [2.75, 3.05) is 0 Å². The van der Waals surface area contributed by atoms with E-state index in [2.05, 4.69) is 18.4 Å². The maximum absolute atomic E-state index is 9.70. The van der Waals surface area contributed by atoms with Gasteiger partial charge in [0.1, 0.15) is 5.75 Å². The van der Waals surface area contributed by atoms with E-state index in [-0.39, 0.29) is 0 Å². The quantitative estimate of drug-likeness (QED) is 0.750. The van der Waals surface area contributed by atoms with Crippen molar-refractivity contribution in [3.63, 3.8) is 0 Å². The van der Waals surface area contributed by atoms with Crippen LogP contribution in [0.15, 0.2) is 29.6 Å². The van der Waals surface area contributed by atoms with Crippen molar-refractivity contribution in [2.45, 2.75) is 13.8 Å². The van der Waals surface area contributed by atoms with E-state index in [1.807, 2.05) is 19.1 Å². The second-order valence-corrected chi connectivity index (χ2v) is 4.58. The average molecular weight is 204 g/mol. The Morgan fingerprint density at radius 2 is 1.93 bits per heavy atom. The highest BCUT2D eigenvalue weighted by Crippen LogP contribution is 2.32. The molecule has 0 aliphatic heterocycles. The zero-order valence-electron chi connectivity index (χ0n) is 8.24. The van der Waals surface area contributed by atoms with Crippen LogP contribution in [0.3, 0.4) is 0 Å². The summed E-state index contributed by atoms with van der Waals surface area (Å²) in [7, 11) is 0. The minimum atomic E-state index is 0.355. The number of rotatable bonds is 1. The van der Waals surface area contributed by atoms with Gasteiger partial charge in [0.25, 0.3) is 0 Å². The third-order valence-electron chi connectivity index (χ3n) is 2.19. The normalized spacial score (nSPS) is 10.4. The van der Waals surface area contributed by atoms with Gasteiger partial charge in [-0.3, -0.25) is 0 Å². The fraction of sp³-hybridized carbons (Fsp3) is 0.167. The maximum atomic E-state index is 9.70. The summed E-state index contributed by atoms with van der Waals surface area (Å²) >= 11 is 1.70. The fourth-order valence-corrected chi connectivity index (χ4v) is 2.17. The van der Waals surface area contributed by atoms with E-state index in [9.17, 15) is 5.11 Å². The minimum Gasteiger partial charge on any atom is -0.507 e. The Bertz CT molecular complexity index is 457. The molecule has 0 bridgehead atoms. The van der Waals surface area contributed by atoms with E-state index in [0.717, 1.165) is 11.1 Å². The molecule has 0 amide bonds. The Labute approximate surface area is 87.7 Å². The van der Waals surface area contributed by atoms with Crippen LogP contribution >= 0.6 is 11.3 Å². The Kier molecular flexibility index (Phi) is 2.30. The largest absolute Gasteiger partial charge is 0.507 e. The Balaban J connectivity index is 2.55. The standard InChI is InChI=1S/C12H12OS/c1-8-3-4-12(13)11(5-8)10-6-9(2)14-7-10/h3-7,13H,1-2H3. The van der Waals surface area contributed by atoms with Gasteiger partial charge < -0.3 is 5.11 Å². The number of hydrogen-bond acceptors (Lipinski definition) is 2. The maximum Gasteiger partial charge on any atom is 0.123 e. The van der Waals surface area contributed by atoms with Crippen molar-refractivity contribution in [1.82, 2.24) is 0 Å². The summed E-state index contributed by atoms with van der Waals surface area (Å²) in [5.74, 6) is 0.355. The summed E-state index contributed by atoms with van der Waals surface area (Å²) in [6.07, 6.45) is 0. The van der Waals surface area contributed by atoms with E-state index in [4.69, 9.17) is 0 Å². The van der Waals surface area contributed by atoms with E-state index in [1.54, 1.807) is 17.4 Å². The molecule has 72 valence electrons. The molecular formula is C12H12OS. The van der Waals surface area contributed by atoms with Gasteiger partial charge in [-0.05, 0) is 43.0 Å². The molecule has 1 nitrogen and oxygen atoms in total. The first kappa shape index (κ1) is 9.28. The lowest BCUT2D eigenvalue weighted by atomic mass is 10.1. The average Bonchev–Trinajstić information content (AvgIpc) is 2.56. The summed E-state index contributed by atoms with van der Waals surface area (Å²) < 4.78 is 0. The topological polar surface area (TPSA) is 20.2 Å². The molecule has 0 atom stereocenters. The van der Waals surface area contributed by atoms with Crippen molar-refractivity contribution < 1.29 is 5.11 Å². The van der Waals surface area contributed by atoms with Crippen molar-refractivity contribution in [1.29, 1.82) is 0 Å². The number of benzene rings is 1. The molecule has 1 heterocycles. The fourth-order valence-electron chi connectivity index (χ4n) is 1.47. The number of thiophene rings is 1. The van der Waals surface area contributed by atoms with Crippen LogP contribution in [0.1, 0.15) is 10.4 Å². The predicted molar refractivity (Wildman–Crippen MR) is 60.9 cm³/mol. The van der Waals surface area contributed by atoms with Crippen molar-refractivity contribution in [2.24, 2.45) is 0 Å². The number of hydrogen-bond donors (Lipinski definition) is 1. The van der Waals surface area contributed by atoms with Gasteiger partial charge in [0.05, 0.1) is 0 Å². The Hall–Kier alpha value is -1.28. The molecule has 0 radical (unpaired) electrons. The SMILES string of the molecule is Cc1ccc(O)c(-c2csc(C)c2)c1. The molecule has 2 aromatic rings. The molecule has 0 fully saturated rings. The van der Waals surface area contributed by atoms with Crippen molar-refractivity contribution in [3.8, 4) is 16.9 Å². The third-order valence-corrected chi connectivity index (χ3v) is 3.06. The first-order valence-corrected chi connectivity index (χ1v) is 5.40. The van der Waals surface area contributed by atoms with Crippen LogP contribution in [0.4, 0.5) is 0 Å². The summed E-state index contributed by atoms with van der Waals surface area (Å²) in [6.45, 7) is 4.10.